The van der Waals surface area contributed by atoms with Gasteiger partial charge in [-0.05, 0) is 12.1 Å². The molecule has 0 aliphatic carbocycles. The fourth-order valence-electron chi connectivity index (χ4n) is 1.92. The van der Waals surface area contributed by atoms with Crippen LogP contribution in [0.5, 0.6) is 0 Å². The number of hydrogen-bond donors (Lipinski definition) is 3. The lowest BCUT2D eigenvalue weighted by Crippen LogP contribution is -2.43. The molecule has 1 saturated heterocycles. The Morgan fingerprint density at radius 2 is 2.15 bits per heavy atom. The molecular weight excluding hydrogens is 272 g/mol. The first-order chi connectivity index (χ1) is 9.44. The zero-order valence-corrected chi connectivity index (χ0v) is 10.6. The molecule has 20 heavy (non-hydrogen) atoms. The summed E-state index contributed by atoms with van der Waals surface area (Å²) in [5.41, 5.74) is -2.62. The zero-order chi connectivity index (χ0) is 14.9. The second-order valence-corrected chi connectivity index (χ2v) is 4.35. The second-order valence-electron chi connectivity index (χ2n) is 4.35. The van der Waals surface area contributed by atoms with Gasteiger partial charge in [-0.15, -0.1) is 0 Å². The second kappa shape index (κ2) is 5.33. The number of aliphatic hydroxyl groups excluding tert-OH is 2. The third-order valence-electron chi connectivity index (χ3n) is 2.99. The lowest BCUT2D eigenvalue weighted by Gasteiger charge is -2.14. The molecule has 110 valence electrons. The highest BCUT2D eigenvalue weighted by molar-refractivity contribution is 6.14. The zero-order valence-electron chi connectivity index (χ0n) is 10.6. The smallest absolute Gasteiger partial charge is 0.355 e. The van der Waals surface area contributed by atoms with Gasteiger partial charge in [0.15, 0.2) is 11.9 Å². The Kier molecular flexibility index (Phi) is 3.91. The Balaban J connectivity index is 2.32. The molecule has 0 saturated carbocycles. The molecule has 1 aromatic rings. The molecule has 2 unspecified atom stereocenters. The Morgan fingerprint density at radius 3 is 2.75 bits per heavy atom. The van der Waals surface area contributed by atoms with Crippen LogP contribution in [0.3, 0.4) is 0 Å². The first kappa shape index (κ1) is 14.7. The van der Waals surface area contributed by atoms with Crippen LogP contribution in [0.1, 0.15) is 11.5 Å². The summed E-state index contributed by atoms with van der Waals surface area (Å²) >= 11 is 0. The van der Waals surface area contributed by atoms with Crippen LogP contribution < -0.4 is 0 Å². The molecule has 0 amide bonds. The number of ether oxygens (including phenoxy) is 2. The average Bonchev–Trinajstić information content (AvgIpc) is 2.98. The molecule has 3 atom stereocenters. The van der Waals surface area contributed by atoms with Gasteiger partial charge in [-0.2, -0.15) is 0 Å². The van der Waals surface area contributed by atoms with Crippen molar-refractivity contribution in [1.29, 1.82) is 0 Å². The van der Waals surface area contributed by atoms with E-state index in [-0.39, 0.29) is 12.4 Å². The summed E-state index contributed by atoms with van der Waals surface area (Å²) in [6, 6.07) is 2.69. The summed E-state index contributed by atoms with van der Waals surface area (Å²) in [4.78, 5) is 23.8. The SMILES string of the molecule is COCc1ccc([C@@]2(O)C(=O)OC(C(O)CO)C2=O)o1. The van der Waals surface area contributed by atoms with Crippen LogP contribution in [0.2, 0.25) is 0 Å². The highest BCUT2D eigenvalue weighted by Gasteiger charge is 2.61. The predicted molar refractivity (Wildman–Crippen MR) is 61.3 cm³/mol. The van der Waals surface area contributed by atoms with Crippen molar-refractivity contribution >= 4 is 11.8 Å². The average molecular weight is 286 g/mol. The van der Waals surface area contributed by atoms with Gasteiger partial charge in [0.05, 0.1) is 6.61 Å². The summed E-state index contributed by atoms with van der Waals surface area (Å²) in [6.07, 6.45) is -3.23. The molecule has 1 aliphatic heterocycles. The van der Waals surface area contributed by atoms with Gasteiger partial charge in [-0.3, -0.25) is 4.79 Å². The van der Waals surface area contributed by atoms with E-state index in [2.05, 4.69) is 4.74 Å². The monoisotopic (exact) mass is 286 g/mol. The Labute approximate surface area is 113 Å². The van der Waals surface area contributed by atoms with Gasteiger partial charge in [-0.25, -0.2) is 4.79 Å². The maximum atomic E-state index is 12.0. The lowest BCUT2D eigenvalue weighted by molar-refractivity contribution is -0.160. The standard InChI is InChI=1S/C12H14O8/c1-18-5-6-2-3-8(19-6)12(17)10(15)9(7(14)4-13)20-11(12)16/h2-3,7,9,13-14,17H,4-5H2,1H3/t7?,9?,12-/m0/s1. The summed E-state index contributed by atoms with van der Waals surface area (Å²) in [5.74, 6) is -2.34. The van der Waals surface area contributed by atoms with E-state index in [1.54, 1.807) is 0 Å². The molecule has 2 heterocycles. The van der Waals surface area contributed by atoms with E-state index >= 15 is 0 Å². The first-order valence-corrected chi connectivity index (χ1v) is 5.80. The van der Waals surface area contributed by atoms with Crippen molar-refractivity contribution in [1.82, 2.24) is 0 Å². The number of methoxy groups -OCH3 is 1. The predicted octanol–water partition coefficient (Wildman–Crippen LogP) is -1.54. The lowest BCUT2D eigenvalue weighted by atomic mass is 9.93. The largest absolute Gasteiger partial charge is 0.459 e. The van der Waals surface area contributed by atoms with Crippen molar-refractivity contribution in [3.63, 3.8) is 0 Å². The van der Waals surface area contributed by atoms with Gasteiger partial charge in [-0.1, -0.05) is 0 Å². The Bertz CT molecular complexity index is 521. The third-order valence-corrected chi connectivity index (χ3v) is 2.99. The molecule has 8 nitrogen and oxygen atoms in total. The fraction of sp³-hybridized carbons (Fsp3) is 0.500. The van der Waals surface area contributed by atoms with Crippen molar-refractivity contribution in [3.8, 4) is 0 Å². The van der Waals surface area contributed by atoms with Crippen LogP contribution in [0.15, 0.2) is 16.5 Å². The van der Waals surface area contributed by atoms with Gasteiger partial charge < -0.3 is 29.2 Å². The molecule has 0 radical (unpaired) electrons. The number of hydrogen-bond acceptors (Lipinski definition) is 8. The highest BCUT2D eigenvalue weighted by Crippen LogP contribution is 2.34. The van der Waals surface area contributed by atoms with Crippen molar-refractivity contribution in [2.45, 2.75) is 24.4 Å². The number of cyclic esters (lactones) is 1. The minimum atomic E-state index is -2.62. The van der Waals surface area contributed by atoms with Gasteiger partial charge in [0.25, 0.3) is 5.60 Å². The summed E-state index contributed by atoms with van der Waals surface area (Å²) in [6.45, 7) is -0.686. The molecule has 8 heteroatoms. The van der Waals surface area contributed by atoms with E-state index in [9.17, 15) is 19.8 Å². The van der Waals surface area contributed by atoms with Gasteiger partial charge in [0.2, 0.25) is 5.78 Å². The maximum Gasteiger partial charge on any atom is 0.355 e. The third kappa shape index (κ3) is 2.12. The molecule has 2 rings (SSSR count). The number of carbonyl (C=O) groups excluding carboxylic acids is 2. The van der Waals surface area contributed by atoms with Gasteiger partial charge >= 0.3 is 5.97 Å². The normalized spacial score (nSPS) is 27.7. The molecule has 0 bridgehead atoms. The van der Waals surface area contributed by atoms with Gasteiger partial charge in [0, 0.05) is 7.11 Å². The number of ketones is 1. The van der Waals surface area contributed by atoms with Crippen LogP contribution >= 0.6 is 0 Å². The van der Waals surface area contributed by atoms with E-state index < -0.39 is 36.2 Å². The summed E-state index contributed by atoms with van der Waals surface area (Å²) < 4.78 is 14.6. The van der Waals surface area contributed by atoms with Crippen LogP contribution in [0, 0.1) is 0 Å². The molecular formula is C12H14O8. The van der Waals surface area contributed by atoms with Crippen LogP contribution in [-0.4, -0.2) is 53.0 Å². The number of aliphatic hydroxyl groups is 3. The van der Waals surface area contributed by atoms with E-state index in [0.717, 1.165) is 0 Å². The molecule has 1 aromatic heterocycles. The Morgan fingerprint density at radius 1 is 1.45 bits per heavy atom. The quantitative estimate of drug-likeness (QED) is 0.439. The molecule has 3 N–H and O–H groups in total. The minimum Gasteiger partial charge on any atom is -0.459 e. The number of furan rings is 1. The minimum absolute atomic E-state index is 0.0992. The van der Waals surface area contributed by atoms with Crippen molar-refractivity contribution in [2.75, 3.05) is 13.7 Å². The van der Waals surface area contributed by atoms with Gasteiger partial charge in [0.1, 0.15) is 18.5 Å². The molecule has 0 aromatic carbocycles. The van der Waals surface area contributed by atoms with Crippen LogP contribution in [-0.2, 0) is 31.3 Å². The van der Waals surface area contributed by atoms with E-state index in [1.165, 1.54) is 19.2 Å². The first-order valence-electron chi connectivity index (χ1n) is 5.80. The van der Waals surface area contributed by atoms with Crippen molar-refractivity contribution in [2.24, 2.45) is 0 Å². The highest BCUT2D eigenvalue weighted by atomic mass is 16.6. The van der Waals surface area contributed by atoms with Crippen LogP contribution in [0.25, 0.3) is 0 Å². The van der Waals surface area contributed by atoms with E-state index in [0.29, 0.717) is 5.76 Å². The molecule has 1 aliphatic rings. The van der Waals surface area contributed by atoms with Crippen molar-refractivity contribution in [3.05, 3.63) is 23.7 Å². The number of rotatable bonds is 5. The fourth-order valence-corrected chi connectivity index (χ4v) is 1.92. The number of esters is 1. The van der Waals surface area contributed by atoms with E-state index in [1.807, 2.05) is 0 Å². The summed E-state index contributed by atoms with van der Waals surface area (Å²) in [7, 11) is 1.43. The summed E-state index contributed by atoms with van der Waals surface area (Å²) in [5, 5.41) is 28.4. The van der Waals surface area contributed by atoms with E-state index in [4.69, 9.17) is 14.3 Å². The van der Waals surface area contributed by atoms with Crippen LogP contribution in [0.4, 0.5) is 0 Å². The maximum absolute atomic E-state index is 12.0. The Hall–Kier alpha value is -1.74. The number of Topliss-reactive ketones (excluding diaryl/α,β-unsaturated/α-hetero) is 1. The molecule has 0 spiro atoms. The topological polar surface area (TPSA) is 126 Å². The van der Waals surface area contributed by atoms with Crippen molar-refractivity contribution < 1.29 is 38.8 Å². The molecule has 1 fully saturated rings. The number of carbonyl (C=O) groups is 2.